The summed E-state index contributed by atoms with van der Waals surface area (Å²) < 4.78 is 1.95. The lowest BCUT2D eigenvalue weighted by atomic mass is 10.0. The molecule has 1 atom stereocenters. The van der Waals surface area contributed by atoms with E-state index < -0.39 is 0 Å². The fourth-order valence-corrected chi connectivity index (χ4v) is 4.23. The largest absolute Gasteiger partial charge is 0.361 e. The van der Waals surface area contributed by atoms with E-state index >= 15 is 0 Å². The summed E-state index contributed by atoms with van der Waals surface area (Å²) in [5, 5.41) is 8.52. The van der Waals surface area contributed by atoms with Crippen molar-refractivity contribution >= 4 is 11.6 Å². The molecule has 0 unspecified atom stereocenters. The van der Waals surface area contributed by atoms with Crippen LogP contribution in [0.1, 0.15) is 41.0 Å². The maximum Gasteiger partial charge on any atom is 0.257 e. The molecule has 4 aromatic rings. The summed E-state index contributed by atoms with van der Waals surface area (Å²) in [5.74, 6) is 0.0409. The van der Waals surface area contributed by atoms with Crippen LogP contribution in [0.3, 0.4) is 0 Å². The Hall–Kier alpha value is -3.93. The van der Waals surface area contributed by atoms with Crippen molar-refractivity contribution in [2.45, 2.75) is 26.1 Å². The summed E-state index contributed by atoms with van der Waals surface area (Å²) in [6.45, 7) is 3.39. The van der Waals surface area contributed by atoms with E-state index in [1.165, 1.54) is 5.56 Å². The van der Waals surface area contributed by atoms with E-state index in [4.69, 9.17) is 5.10 Å². The van der Waals surface area contributed by atoms with Gasteiger partial charge < -0.3 is 10.2 Å². The number of amides is 1. The van der Waals surface area contributed by atoms with E-state index in [1.54, 1.807) is 6.20 Å². The van der Waals surface area contributed by atoms with E-state index in [0.717, 1.165) is 28.9 Å². The fraction of sp³-hybridized carbons (Fsp3) is 0.192. The third-order valence-corrected chi connectivity index (χ3v) is 5.69. The molecule has 1 N–H and O–H groups in total. The molecule has 6 nitrogen and oxygen atoms in total. The van der Waals surface area contributed by atoms with Crippen molar-refractivity contribution in [1.29, 1.82) is 0 Å². The summed E-state index contributed by atoms with van der Waals surface area (Å²) in [6.07, 6.45) is 6.19. The Morgan fingerprint density at radius 3 is 2.59 bits per heavy atom. The zero-order chi connectivity index (χ0) is 21.9. The fourth-order valence-electron chi connectivity index (χ4n) is 4.23. The molecule has 0 saturated heterocycles. The van der Waals surface area contributed by atoms with Crippen LogP contribution in [0.15, 0.2) is 85.3 Å². The van der Waals surface area contributed by atoms with Gasteiger partial charge in [0, 0.05) is 41.9 Å². The van der Waals surface area contributed by atoms with Crippen molar-refractivity contribution in [1.82, 2.24) is 19.7 Å². The second-order valence-corrected chi connectivity index (χ2v) is 7.95. The number of rotatable bonds is 6. The summed E-state index contributed by atoms with van der Waals surface area (Å²) in [6, 6.07) is 21.9. The van der Waals surface area contributed by atoms with Crippen LogP contribution in [0, 0.1) is 0 Å². The average Bonchev–Trinajstić information content (AvgIpc) is 3.25. The lowest BCUT2D eigenvalue weighted by Gasteiger charge is -2.37. The van der Waals surface area contributed by atoms with Crippen LogP contribution < -0.4 is 5.32 Å². The Kier molecular flexibility index (Phi) is 5.42. The van der Waals surface area contributed by atoms with Crippen molar-refractivity contribution < 1.29 is 4.79 Å². The van der Waals surface area contributed by atoms with Gasteiger partial charge in [-0.15, -0.1) is 0 Å². The maximum absolute atomic E-state index is 13.4. The Bertz CT molecular complexity index is 1220. The van der Waals surface area contributed by atoms with Crippen LogP contribution >= 0.6 is 0 Å². The van der Waals surface area contributed by atoms with Crippen LogP contribution in [-0.4, -0.2) is 32.1 Å². The zero-order valence-electron chi connectivity index (χ0n) is 18.0. The first kappa shape index (κ1) is 20.0. The van der Waals surface area contributed by atoms with Gasteiger partial charge >= 0.3 is 0 Å². The Balaban J connectivity index is 1.61. The number of fused-ring (bicyclic) bond motifs is 1. The van der Waals surface area contributed by atoms with Gasteiger partial charge in [-0.3, -0.25) is 14.5 Å². The van der Waals surface area contributed by atoms with Crippen LogP contribution in [0.25, 0.3) is 11.3 Å². The van der Waals surface area contributed by atoms with Gasteiger partial charge in [-0.2, -0.15) is 5.10 Å². The van der Waals surface area contributed by atoms with E-state index in [2.05, 4.69) is 35.6 Å². The van der Waals surface area contributed by atoms with Crippen molar-refractivity contribution in [2.75, 3.05) is 11.9 Å². The molecule has 5 rings (SSSR count). The molecule has 2 aromatic heterocycles. The van der Waals surface area contributed by atoms with Gasteiger partial charge in [-0.25, -0.2) is 0 Å². The number of nitrogens with zero attached hydrogens (tertiary/aromatic N) is 4. The van der Waals surface area contributed by atoms with E-state index in [9.17, 15) is 4.79 Å². The molecule has 0 saturated carbocycles. The minimum absolute atomic E-state index is 0.0409. The number of anilines is 1. The number of hydrogen-bond acceptors (Lipinski definition) is 4. The van der Waals surface area contributed by atoms with E-state index in [-0.39, 0.29) is 12.1 Å². The lowest BCUT2D eigenvalue weighted by Crippen LogP contribution is -2.43. The second-order valence-electron chi connectivity index (χ2n) is 7.95. The van der Waals surface area contributed by atoms with Gasteiger partial charge in [0.25, 0.3) is 5.91 Å². The zero-order valence-corrected chi connectivity index (χ0v) is 18.0. The quantitative estimate of drug-likeness (QED) is 0.476. The number of nitrogens with one attached hydrogen (secondary N) is 1. The predicted octanol–water partition coefficient (Wildman–Crippen LogP) is 4.97. The third kappa shape index (κ3) is 3.75. The highest BCUT2D eigenvalue weighted by Crippen LogP contribution is 2.37. The number of aromatic nitrogens is 3. The molecule has 1 aliphatic heterocycles. The average molecular weight is 424 g/mol. The second kappa shape index (κ2) is 8.67. The predicted molar refractivity (Wildman–Crippen MR) is 125 cm³/mol. The summed E-state index contributed by atoms with van der Waals surface area (Å²) in [7, 11) is 0. The van der Waals surface area contributed by atoms with Crippen molar-refractivity contribution in [2.24, 2.45) is 0 Å². The molecule has 32 heavy (non-hydrogen) atoms. The number of para-hydroxylation sites is 1. The number of pyridine rings is 1. The van der Waals surface area contributed by atoms with Crippen molar-refractivity contribution in [3.8, 4) is 11.3 Å². The molecular formula is C26H25N5O. The van der Waals surface area contributed by atoms with Gasteiger partial charge in [0.05, 0.1) is 12.1 Å². The summed E-state index contributed by atoms with van der Waals surface area (Å²) in [4.78, 5) is 19.6. The summed E-state index contributed by atoms with van der Waals surface area (Å²) in [5.41, 5.74) is 5.45. The highest BCUT2D eigenvalue weighted by Gasteiger charge is 2.34. The van der Waals surface area contributed by atoms with Crippen molar-refractivity contribution in [3.63, 3.8) is 0 Å². The van der Waals surface area contributed by atoms with Gasteiger partial charge in [0.2, 0.25) is 0 Å². The first-order chi connectivity index (χ1) is 15.7. The molecular weight excluding hydrogens is 398 g/mol. The monoisotopic (exact) mass is 423 g/mol. The topological polar surface area (TPSA) is 63.1 Å². The number of benzene rings is 2. The lowest BCUT2D eigenvalue weighted by molar-refractivity contribution is 0.0683. The highest BCUT2D eigenvalue weighted by molar-refractivity contribution is 6.01. The summed E-state index contributed by atoms with van der Waals surface area (Å²) >= 11 is 0. The Morgan fingerprint density at radius 2 is 1.81 bits per heavy atom. The smallest absolute Gasteiger partial charge is 0.257 e. The van der Waals surface area contributed by atoms with Crippen LogP contribution in [0.5, 0.6) is 0 Å². The van der Waals surface area contributed by atoms with Gasteiger partial charge in [0.15, 0.2) is 0 Å². The molecule has 0 fully saturated rings. The van der Waals surface area contributed by atoms with Crippen molar-refractivity contribution in [3.05, 3.63) is 102 Å². The molecule has 6 heteroatoms. The Morgan fingerprint density at radius 1 is 1.00 bits per heavy atom. The number of carbonyl (C=O) groups excluding carboxylic acids is 1. The molecule has 0 aliphatic carbocycles. The van der Waals surface area contributed by atoms with Gasteiger partial charge in [-0.05, 0) is 36.2 Å². The first-order valence-electron chi connectivity index (χ1n) is 10.9. The minimum Gasteiger partial charge on any atom is -0.361 e. The third-order valence-electron chi connectivity index (χ3n) is 5.69. The molecule has 0 bridgehead atoms. The number of hydrogen-bond donors (Lipinski definition) is 1. The van der Waals surface area contributed by atoms with Gasteiger partial charge in [0.1, 0.15) is 11.9 Å². The van der Waals surface area contributed by atoms with E-state index in [1.807, 2.05) is 70.4 Å². The molecule has 0 spiro atoms. The molecule has 1 amide bonds. The van der Waals surface area contributed by atoms with Gasteiger partial charge in [-0.1, -0.05) is 49.4 Å². The minimum atomic E-state index is -0.308. The standard InChI is InChI=1S/C26H25N5O/c1-2-15-31-25(28-23-13-7-6-12-21(23)26(31)32)22-18-30(17-19-9-4-3-5-10-19)29-24(22)20-11-8-14-27-16-20/h3-14,16,18,25,28H,2,15,17H2,1H3/t25-/m1/s1. The Labute approximate surface area is 187 Å². The van der Waals surface area contributed by atoms with Crippen LogP contribution in [0.2, 0.25) is 0 Å². The SMILES string of the molecule is CCCN1C(=O)c2ccccc2N[C@H]1c1cn(Cc2ccccc2)nc1-c1cccnc1. The highest BCUT2D eigenvalue weighted by atomic mass is 16.2. The molecule has 1 aliphatic rings. The maximum atomic E-state index is 13.4. The molecule has 3 heterocycles. The molecule has 160 valence electrons. The van der Waals surface area contributed by atoms with Crippen LogP contribution in [-0.2, 0) is 6.54 Å². The molecule has 0 radical (unpaired) electrons. The molecule has 2 aromatic carbocycles. The first-order valence-corrected chi connectivity index (χ1v) is 10.9. The normalized spacial score (nSPS) is 15.3. The van der Waals surface area contributed by atoms with E-state index in [0.29, 0.717) is 18.7 Å². The number of carbonyl (C=O) groups is 1. The van der Waals surface area contributed by atoms with Crippen LogP contribution in [0.4, 0.5) is 5.69 Å².